The average Bonchev–Trinajstić information content (AvgIpc) is 3.19. The molecule has 1 aromatic rings. The minimum atomic E-state index is -4.63. The summed E-state index contributed by atoms with van der Waals surface area (Å²) in [5.41, 5.74) is -2.37. The van der Waals surface area contributed by atoms with Crippen LogP contribution in [0.2, 0.25) is 5.02 Å². The summed E-state index contributed by atoms with van der Waals surface area (Å²) in [4.78, 5) is 0. The molecule has 0 radical (unpaired) electrons. The Morgan fingerprint density at radius 2 is 2.10 bits per heavy atom. The lowest BCUT2D eigenvalue weighted by Crippen LogP contribution is -2.52. The fraction of sp³-hybridized carbons (Fsp3) is 0.571. The molecule has 0 unspecified atom stereocenters. The maximum absolute atomic E-state index is 13.7. The summed E-state index contributed by atoms with van der Waals surface area (Å²) in [5.74, 6) is 0.322. The largest absolute Gasteiger partial charge is 0.421 e. The van der Waals surface area contributed by atoms with Gasteiger partial charge in [0.2, 0.25) is 6.41 Å². The number of hydrogen-bond acceptors (Lipinski definition) is 3. The molecule has 2 N–H and O–H groups in total. The smallest absolute Gasteiger partial charge is 0.351 e. The number of benzene rings is 1. The molecular weight excluding hydrogens is 307 g/mol. The van der Waals surface area contributed by atoms with E-state index in [1.54, 1.807) is 0 Å². The number of fused-ring (bicyclic) bond motifs is 1. The van der Waals surface area contributed by atoms with Crippen molar-refractivity contribution in [3.63, 3.8) is 0 Å². The van der Waals surface area contributed by atoms with E-state index in [9.17, 15) is 18.3 Å². The van der Waals surface area contributed by atoms with E-state index in [1.165, 1.54) is 18.2 Å². The second-order valence-corrected chi connectivity index (χ2v) is 6.05. The molecule has 0 bridgehead atoms. The topological polar surface area (TPSA) is 41.5 Å². The lowest BCUT2D eigenvalue weighted by molar-refractivity contribution is -0.325. The van der Waals surface area contributed by atoms with Crippen molar-refractivity contribution in [3.05, 3.63) is 28.8 Å². The number of alkyl halides is 3. The Balaban J connectivity index is 2.06. The van der Waals surface area contributed by atoms with Gasteiger partial charge in [-0.25, -0.2) is 0 Å². The second kappa shape index (κ2) is 5.04. The first-order valence-electron chi connectivity index (χ1n) is 6.81. The van der Waals surface area contributed by atoms with Crippen LogP contribution in [0.25, 0.3) is 0 Å². The van der Waals surface area contributed by atoms with Gasteiger partial charge >= 0.3 is 6.18 Å². The first-order chi connectivity index (χ1) is 9.82. The van der Waals surface area contributed by atoms with E-state index in [0.717, 1.165) is 12.8 Å². The molecule has 0 amide bonds. The SMILES string of the molecule is O[C@H]1Nc2ccc(Cl)cc2[C@@](CCC2CC2)(C(F)(F)F)O1. The van der Waals surface area contributed by atoms with E-state index < -0.39 is 18.2 Å². The van der Waals surface area contributed by atoms with Crippen LogP contribution in [0.4, 0.5) is 18.9 Å². The Morgan fingerprint density at radius 1 is 1.38 bits per heavy atom. The molecule has 1 aliphatic heterocycles. The number of ether oxygens (including phenoxy) is 1. The standard InChI is InChI=1S/C14H15ClF3NO2/c15-9-3-4-11-10(7-9)13(14(16,17)18,21-12(20)19-11)6-5-8-1-2-8/h3-4,7-8,12,19-20H,1-2,5-6H2/t12-,13+/m1/s1. The molecule has 0 saturated heterocycles. The first-order valence-corrected chi connectivity index (χ1v) is 7.19. The number of aliphatic hydroxyl groups is 1. The predicted molar refractivity (Wildman–Crippen MR) is 71.9 cm³/mol. The summed E-state index contributed by atoms with van der Waals surface area (Å²) in [6.45, 7) is 0. The van der Waals surface area contributed by atoms with Gasteiger partial charge in [-0.3, -0.25) is 0 Å². The first kappa shape index (κ1) is 14.9. The molecule has 116 valence electrons. The summed E-state index contributed by atoms with van der Waals surface area (Å²) in [6, 6.07) is 4.17. The van der Waals surface area contributed by atoms with E-state index in [2.05, 4.69) is 5.32 Å². The lowest BCUT2D eigenvalue weighted by Gasteiger charge is -2.42. The number of halogens is 4. The van der Waals surface area contributed by atoms with Gasteiger partial charge < -0.3 is 15.2 Å². The highest BCUT2D eigenvalue weighted by molar-refractivity contribution is 6.30. The van der Waals surface area contributed by atoms with Crippen LogP contribution in [0.5, 0.6) is 0 Å². The van der Waals surface area contributed by atoms with Gasteiger partial charge in [0.15, 0.2) is 5.60 Å². The Hall–Kier alpha value is -0.980. The fourth-order valence-electron chi connectivity index (χ4n) is 2.76. The van der Waals surface area contributed by atoms with Crippen LogP contribution < -0.4 is 5.32 Å². The maximum Gasteiger partial charge on any atom is 0.421 e. The highest BCUT2D eigenvalue weighted by atomic mass is 35.5. The van der Waals surface area contributed by atoms with E-state index in [1.807, 2.05) is 0 Å². The summed E-state index contributed by atoms with van der Waals surface area (Å²) in [5, 5.41) is 12.3. The molecule has 1 aromatic carbocycles. The van der Waals surface area contributed by atoms with E-state index >= 15 is 0 Å². The van der Waals surface area contributed by atoms with E-state index in [0.29, 0.717) is 12.3 Å². The van der Waals surface area contributed by atoms with E-state index in [-0.39, 0.29) is 22.7 Å². The molecule has 1 heterocycles. The summed E-state index contributed by atoms with van der Waals surface area (Å²) >= 11 is 5.85. The van der Waals surface area contributed by atoms with Gasteiger partial charge in [-0.15, -0.1) is 0 Å². The van der Waals surface area contributed by atoms with Crippen LogP contribution in [0.15, 0.2) is 18.2 Å². The molecule has 21 heavy (non-hydrogen) atoms. The molecule has 3 rings (SSSR count). The van der Waals surface area contributed by atoms with Crippen LogP contribution in [-0.4, -0.2) is 17.7 Å². The van der Waals surface area contributed by atoms with Gasteiger partial charge in [0, 0.05) is 16.3 Å². The van der Waals surface area contributed by atoms with Crippen molar-refractivity contribution in [2.24, 2.45) is 5.92 Å². The van der Waals surface area contributed by atoms with Gasteiger partial charge in [0.1, 0.15) is 0 Å². The fourth-order valence-corrected chi connectivity index (χ4v) is 2.93. The van der Waals surface area contributed by atoms with Crippen molar-refractivity contribution >= 4 is 17.3 Å². The highest BCUT2D eigenvalue weighted by Crippen LogP contribution is 2.53. The third-order valence-electron chi connectivity index (χ3n) is 4.07. The Morgan fingerprint density at radius 3 is 2.71 bits per heavy atom. The van der Waals surface area contributed by atoms with Crippen LogP contribution >= 0.6 is 11.6 Å². The summed E-state index contributed by atoms with van der Waals surface area (Å²) in [7, 11) is 0. The Kier molecular flexibility index (Phi) is 3.58. The number of hydrogen-bond donors (Lipinski definition) is 2. The van der Waals surface area contributed by atoms with E-state index in [4.69, 9.17) is 16.3 Å². The van der Waals surface area contributed by atoms with Crippen molar-refractivity contribution in [1.29, 1.82) is 0 Å². The normalized spacial score (nSPS) is 28.9. The van der Waals surface area contributed by atoms with Crippen molar-refractivity contribution in [3.8, 4) is 0 Å². The molecule has 7 heteroatoms. The molecule has 1 saturated carbocycles. The third kappa shape index (κ3) is 2.72. The zero-order valence-electron chi connectivity index (χ0n) is 11.1. The predicted octanol–water partition coefficient (Wildman–Crippen LogP) is 4.01. The van der Waals surface area contributed by atoms with Crippen LogP contribution in [0.3, 0.4) is 0 Å². The summed E-state index contributed by atoms with van der Waals surface area (Å²) in [6.07, 6.45) is -4.22. The Bertz CT molecular complexity index is 548. The number of nitrogens with one attached hydrogen (secondary N) is 1. The van der Waals surface area contributed by atoms with Gasteiger partial charge in [0.25, 0.3) is 0 Å². The van der Waals surface area contributed by atoms with Gasteiger partial charge in [0.05, 0.1) is 0 Å². The monoisotopic (exact) mass is 321 g/mol. The minimum Gasteiger partial charge on any atom is -0.351 e. The summed E-state index contributed by atoms with van der Waals surface area (Å²) < 4.78 is 46.2. The number of aliphatic hydroxyl groups excluding tert-OH is 1. The van der Waals surface area contributed by atoms with Gasteiger partial charge in [-0.1, -0.05) is 24.4 Å². The average molecular weight is 322 g/mol. The Labute approximate surface area is 125 Å². The van der Waals surface area contributed by atoms with Crippen molar-refractivity contribution in [2.45, 2.75) is 43.9 Å². The molecule has 0 spiro atoms. The van der Waals surface area contributed by atoms with Gasteiger partial charge in [-0.05, 0) is 37.0 Å². The third-order valence-corrected chi connectivity index (χ3v) is 4.30. The molecule has 3 nitrogen and oxygen atoms in total. The van der Waals surface area contributed by atoms with Gasteiger partial charge in [-0.2, -0.15) is 13.2 Å². The lowest BCUT2D eigenvalue weighted by atomic mass is 9.85. The molecule has 0 aromatic heterocycles. The van der Waals surface area contributed by atoms with Crippen LogP contribution in [-0.2, 0) is 10.3 Å². The quantitative estimate of drug-likeness (QED) is 0.884. The molecule has 2 aliphatic rings. The molecular formula is C14H15ClF3NO2. The second-order valence-electron chi connectivity index (χ2n) is 5.61. The molecule has 1 aliphatic carbocycles. The number of rotatable bonds is 3. The highest BCUT2D eigenvalue weighted by Gasteiger charge is 2.60. The molecule has 2 atom stereocenters. The van der Waals surface area contributed by atoms with Crippen molar-refractivity contribution < 1.29 is 23.0 Å². The van der Waals surface area contributed by atoms with Crippen molar-refractivity contribution in [1.82, 2.24) is 0 Å². The molecule has 1 fully saturated rings. The van der Waals surface area contributed by atoms with Crippen LogP contribution in [0.1, 0.15) is 31.2 Å². The van der Waals surface area contributed by atoms with Crippen LogP contribution in [0, 0.1) is 5.92 Å². The zero-order chi connectivity index (χ0) is 15.3. The maximum atomic E-state index is 13.7. The number of anilines is 1. The minimum absolute atomic E-state index is 0.0616. The zero-order valence-corrected chi connectivity index (χ0v) is 11.8. The van der Waals surface area contributed by atoms with Crippen molar-refractivity contribution in [2.75, 3.05) is 5.32 Å².